The molecule has 1 N–H and O–H groups in total. The Morgan fingerprint density at radius 3 is 2.65 bits per heavy atom. The minimum absolute atomic E-state index is 0.0741. The number of nitrogens with zero attached hydrogens (tertiary/aromatic N) is 1. The Morgan fingerprint density at radius 2 is 2.06 bits per heavy atom. The summed E-state index contributed by atoms with van der Waals surface area (Å²) in [6.07, 6.45) is 3.00. The molecule has 0 unspecified atom stereocenters. The van der Waals surface area contributed by atoms with Crippen LogP contribution in [0.3, 0.4) is 0 Å². The zero-order chi connectivity index (χ0) is 12.4. The highest BCUT2D eigenvalue weighted by atomic mass is 32.1. The molecule has 17 heavy (non-hydrogen) atoms. The van der Waals surface area contributed by atoms with E-state index in [1.165, 1.54) is 11.6 Å². The number of carboxylic acid groups (broad SMARTS) is 1. The average Bonchev–Trinajstić information content (AvgIpc) is 2.77. The van der Waals surface area contributed by atoms with E-state index in [1.54, 1.807) is 11.0 Å². The molecule has 90 valence electrons. The molecular weight excluding hydrogens is 238 g/mol. The predicted molar refractivity (Wildman–Crippen MR) is 65.6 cm³/mol. The van der Waals surface area contributed by atoms with Gasteiger partial charge >= 0.3 is 5.97 Å². The maximum absolute atomic E-state index is 12.1. The fourth-order valence-corrected chi connectivity index (χ4v) is 2.62. The van der Waals surface area contributed by atoms with E-state index in [0.717, 1.165) is 17.8 Å². The number of thiophene rings is 1. The molecule has 4 nitrogen and oxygen atoms in total. The number of amides is 1. The number of hydrogen-bond acceptors (Lipinski definition) is 3. The van der Waals surface area contributed by atoms with Crippen molar-refractivity contribution in [1.82, 2.24) is 4.90 Å². The Bertz CT molecular complexity index is 490. The number of carbonyl (C=O) groups excluding carboxylic acids is 1. The molecule has 2 rings (SSSR count). The Kier molecular flexibility index (Phi) is 3.28. The van der Waals surface area contributed by atoms with Crippen molar-refractivity contribution in [3.8, 4) is 0 Å². The van der Waals surface area contributed by atoms with Crippen molar-refractivity contribution in [2.24, 2.45) is 0 Å². The minimum Gasteiger partial charge on any atom is -0.477 e. The van der Waals surface area contributed by atoms with Gasteiger partial charge in [-0.3, -0.25) is 4.79 Å². The van der Waals surface area contributed by atoms with Gasteiger partial charge in [0.05, 0.1) is 4.88 Å². The van der Waals surface area contributed by atoms with Crippen molar-refractivity contribution >= 4 is 23.2 Å². The number of aromatic carboxylic acids is 1. The first-order valence-electron chi connectivity index (χ1n) is 5.36. The Labute approximate surface area is 103 Å². The van der Waals surface area contributed by atoms with Crippen LogP contribution in [0.25, 0.3) is 0 Å². The van der Waals surface area contributed by atoms with Crippen molar-refractivity contribution < 1.29 is 14.7 Å². The van der Waals surface area contributed by atoms with Crippen molar-refractivity contribution in [3.05, 3.63) is 33.5 Å². The molecule has 5 heteroatoms. The van der Waals surface area contributed by atoms with E-state index < -0.39 is 5.97 Å². The number of carboxylic acids is 1. The largest absolute Gasteiger partial charge is 0.477 e. The van der Waals surface area contributed by atoms with Gasteiger partial charge in [-0.25, -0.2) is 4.79 Å². The summed E-state index contributed by atoms with van der Waals surface area (Å²) >= 11 is 1.03. The van der Waals surface area contributed by atoms with Gasteiger partial charge in [0.25, 0.3) is 5.91 Å². The van der Waals surface area contributed by atoms with Gasteiger partial charge in [0.1, 0.15) is 4.88 Å². The number of hydrogen-bond donors (Lipinski definition) is 1. The van der Waals surface area contributed by atoms with Gasteiger partial charge in [-0.1, -0.05) is 11.6 Å². The summed E-state index contributed by atoms with van der Waals surface area (Å²) in [5, 5.41) is 8.81. The highest BCUT2D eigenvalue weighted by Crippen LogP contribution is 2.20. The second-order valence-corrected chi connectivity index (χ2v) is 5.12. The predicted octanol–water partition coefficient (Wildman–Crippen LogP) is 2.24. The summed E-state index contributed by atoms with van der Waals surface area (Å²) in [5.41, 5.74) is 1.18. The number of carbonyl (C=O) groups is 2. The molecule has 1 aliphatic heterocycles. The van der Waals surface area contributed by atoms with Gasteiger partial charge in [0.2, 0.25) is 0 Å². The van der Waals surface area contributed by atoms with Gasteiger partial charge in [0.15, 0.2) is 0 Å². The van der Waals surface area contributed by atoms with Crippen molar-refractivity contribution in [1.29, 1.82) is 0 Å². The SMILES string of the molecule is CC1=CCCN(C(=O)c2ccc(C(=O)O)s2)C1. The molecule has 0 spiro atoms. The Morgan fingerprint density at radius 1 is 1.35 bits per heavy atom. The monoisotopic (exact) mass is 251 g/mol. The fraction of sp³-hybridized carbons (Fsp3) is 0.333. The first-order valence-corrected chi connectivity index (χ1v) is 6.17. The molecule has 1 aliphatic rings. The maximum atomic E-state index is 12.1. The van der Waals surface area contributed by atoms with Crippen molar-refractivity contribution in [3.63, 3.8) is 0 Å². The molecule has 0 atom stereocenters. The summed E-state index contributed by atoms with van der Waals surface area (Å²) in [7, 11) is 0. The third kappa shape index (κ3) is 2.55. The lowest BCUT2D eigenvalue weighted by molar-refractivity contribution is 0.0701. The summed E-state index contributed by atoms with van der Waals surface area (Å²) < 4.78 is 0. The van der Waals surface area contributed by atoms with Crippen LogP contribution in [0.15, 0.2) is 23.8 Å². The van der Waals surface area contributed by atoms with E-state index in [9.17, 15) is 9.59 Å². The van der Waals surface area contributed by atoms with Crippen LogP contribution in [0.2, 0.25) is 0 Å². The van der Waals surface area contributed by atoms with Crippen molar-refractivity contribution in [2.75, 3.05) is 13.1 Å². The topological polar surface area (TPSA) is 57.6 Å². The summed E-state index contributed by atoms with van der Waals surface area (Å²) in [6, 6.07) is 3.07. The third-order valence-corrected chi connectivity index (χ3v) is 3.71. The molecule has 0 bridgehead atoms. The van der Waals surface area contributed by atoms with Gasteiger partial charge in [-0.2, -0.15) is 0 Å². The molecule has 0 aromatic carbocycles. The molecular formula is C12H13NO3S. The molecule has 0 fully saturated rings. The lowest BCUT2D eigenvalue weighted by Gasteiger charge is -2.25. The second kappa shape index (κ2) is 4.71. The lowest BCUT2D eigenvalue weighted by Crippen LogP contribution is -2.34. The van der Waals surface area contributed by atoms with E-state index in [4.69, 9.17) is 5.11 Å². The second-order valence-electron chi connectivity index (χ2n) is 4.03. The third-order valence-electron chi connectivity index (χ3n) is 2.65. The van der Waals surface area contributed by atoms with E-state index >= 15 is 0 Å². The van der Waals surface area contributed by atoms with Gasteiger partial charge in [0, 0.05) is 13.1 Å². The molecule has 1 aromatic heterocycles. The van der Waals surface area contributed by atoms with Crippen LogP contribution in [-0.4, -0.2) is 35.0 Å². The number of rotatable bonds is 2. The maximum Gasteiger partial charge on any atom is 0.345 e. The summed E-state index contributed by atoms with van der Waals surface area (Å²) in [5.74, 6) is -1.06. The Balaban J connectivity index is 2.14. The standard InChI is InChI=1S/C12H13NO3S/c1-8-3-2-6-13(7-8)11(14)9-4-5-10(17-9)12(15)16/h3-5H,2,6-7H2,1H3,(H,15,16). The fourth-order valence-electron chi connectivity index (χ4n) is 1.81. The molecule has 2 heterocycles. The normalized spacial score (nSPS) is 15.6. The smallest absolute Gasteiger partial charge is 0.345 e. The van der Waals surface area contributed by atoms with Crippen LogP contribution < -0.4 is 0 Å². The molecule has 0 radical (unpaired) electrons. The molecule has 0 aliphatic carbocycles. The van der Waals surface area contributed by atoms with Crippen LogP contribution in [-0.2, 0) is 0 Å². The first-order chi connectivity index (χ1) is 8.08. The average molecular weight is 251 g/mol. The zero-order valence-corrected chi connectivity index (χ0v) is 10.3. The summed E-state index contributed by atoms with van der Waals surface area (Å²) in [4.78, 5) is 25.3. The van der Waals surface area contributed by atoms with Crippen LogP contribution in [0.1, 0.15) is 32.7 Å². The summed E-state index contributed by atoms with van der Waals surface area (Å²) in [6.45, 7) is 3.34. The van der Waals surface area contributed by atoms with Crippen molar-refractivity contribution in [2.45, 2.75) is 13.3 Å². The van der Waals surface area contributed by atoms with Gasteiger partial charge in [-0.15, -0.1) is 11.3 Å². The molecule has 0 saturated heterocycles. The van der Waals surface area contributed by atoms with E-state index in [0.29, 0.717) is 18.0 Å². The lowest BCUT2D eigenvalue weighted by atomic mass is 10.1. The quantitative estimate of drug-likeness (QED) is 0.820. The molecule has 1 aromatic rings. The first kappa shape index (κ1) is 11.9. The zero-order valence-electron chi connectivity index (χ0n) is 9.47. The van der Waals surface area contributed by atoms with E-state index in [2.05, 4.69) is 6.08 Å². The highest BCUT2D eigenvalue weighted by molar-refractivity contribution is 7.15. The van der Waals surface area contributed by atoms with Crippen LogP contribution in [0.5, 0.6) is 0 Å². The van der Waals surface area contributed by atoms with Gasteiger partial charge in [-0.05, 0) is 25.5 Å². The Hall–Kier alpha value is -1.62. The molecule has 1 amide bonds. The van der Waals surface area contributed by atoms with Crippen LogP contribution >= 0.6 is 11.3 Å². The van der Waals surface area contributed by atoms with E-state index in [1.807, 2.05) is 6.92 Å². The highest BCUT2D eigenvalue weighted by Gasteiger charge is 2.20. The minimum atomic E-state index is -0.983. The van der Waals surface area contributed by atoms with Crippen LogP contribution in [0, 0.1) is 0 Å². The van der Waals surface area contributed by atoms with Crippen LogP contribution in [0.4, 0.5) is 0 Å². The molecule has 0 saturated carbocycles. The van der Waals surface area contributed by atoms with Gasteiger partial charge < -0.3 is 10.0 Å². The van der Waals surface area contributed by atoms with E-state index in [-0.39, 0.29) is 10.8 Å².